The first-order valence-electron chi connectivity index (χ1n) is 5.05. The Balaban J connectivity index is 0.000000461. The van der Waals surface area contributed by atoms with Gasteiger partial charge >= 0.3 is 0 Å². The van der Waals surface area contributed by atoms with E-state index in [0.29, 0.717) is 6.04 Å². The Kier molecular flexibility index (Phi) is 6.63. The van der Waals surface area contributed by atoms with Crippen LogP contribution in [-0.2, 0) is 0 Å². The summed E-state index contributed by atoms with van der Waals surface area (Å²) in [6.45, 7) is 8.44. The third-order valence-electron chi connectivity index (χ3n) is 1.92. The molecule has 0 aromatic rings. The molecule has 1 nitrogen and oxygen atoms in total. The third kappa shape index (κ3) is 5.25. The fourth-order valence-electron chi connectivity index (χ4n) is 1.56. The van der Waals surface area contributed by atoms with Crippen LogP contribution >= 0.6 is 0 Å². The van der Waals surface area contributed by atoms with Gasteiger partial charge in [0.25, 0.3) is 0 Å². The Labute approximate surface area is 71.6 Å². The highest BCUT2D eigenvalue weighted by Gasteiger charge is 2.14. The van der Waals surface area contributed by atoms with Crippen LogP contribution in [0.3, 0.4) is 0 Å². The molecule has 0 radical (unpaired) electrons. The summed E-state index contributed by atoms with van der Waals surface area (Å²) in [7, 11) is 0. The van der Waals surface area contributed by atoms with Gasteiger partial charge in [0.05, 0.1) is 0 Å². The minimum Gasteiger partial charge on any atom is -0.312 e. The van der Waals surface area contributed by atoms with Gasteiger partial charge in [0.2, 0.25) is 0 Å². The van der Waals surface area contributed by atoms with Crippen molar-refractivity contribution in [2.45, 2.75) is 65.5 Å². The van der Waals surface area contributed by atoms with E-state index in [1.54, 1.807) is 0 Å². The van der Waals surface area contributed by atoms with Gasteiger partial charge in [-0.15, -0.1) is 0 Å². The van der Waals surface area contributed by atoms with Gasteiger partial charge in [-0.2, -0.15) is 0 Å². The molecule has 1 saturated carbocycles. The maximum Gasteiger partial charge on any atom is 0.00694 e. The van der Waals surface area contributed by atoms with Crippen molar-refractivity contribution in [2.75, 3.05) is 0 Å². The van der Waals surface area contributed by atoms with Crippen molar-refractivity contribution < 1.29 is 0 Å². The van der Waals surface area contributed by atoms with Gasteiger partial charge in [0.15, 0.2) is 0 Å². The minimum atomic E-state index is 0.674. The highest BCUT2D eigenvalue weighted by molar-refractivity contribution is 4.74. The standard InChI is InChI=1S/C8H17N.C2H6/c1-7(2)9-8-5-3-4-6-8;1-2/h7-9H,3-6H2,1-2H3;1-2H3. The monoisotopic (exact) mass is 157 g/mol. The second-order valence-electron chi connectivity index (χ2n) is 3.30. The second-order valence-corrected chi connectivity index (χ2v) is 3.30. The van der Waals surface area contributed by atoms with Crippen molar-refractivity contribution in [1.29, 1.82) is 0 Å². The van der Waals surface area contributed by atoms with E-state index in [0.717, 1.165) is 6.04 Å². The number of rotatable bonds is 2. The summed E-state index contributed by atoms with van der Waals surface area (Å²) in [6.07, 6.45) is 5.67. The number of nitrogens with one attached hydrogen (secondary N) is 1. The fraction of sp³-hybridized carbons (Fsp3) is 1.00. The van der Waals surface area contributed by atoms with E-state index in [9.17, 15) is 0 Å². The lowest BCUT2D eigenvalue weighted by atomic mass is 10.2. The van der Waals surface area contributed by atoms with Crippen molar-refractivity contribution in [2.24, 2.45) is 0 Å². The van der Waals surface area contributed by atoms with Crippen LogP contribution in [0.15, 0.2) is 0 Å². The van der Waals surface area contributed by atoms with Crippen LogP contribution < -0.4 is 5.32 Å². The van der Waals surface area contributed by atoms with Crippen LogP contribution in [0.25, 0.3) is 0 Å². The topological polar surface area (TPSA) is 12.0 Å². The molecular formula is C10H23N. The lowest BCUT2D eigenvalue weighted by Gasteiger charge is -2.14. The molecule has 11 heavy (non-hydrogen) atoms. The average Bonchev–Trinajstić information content (AvgIpc) is 2.43. The maximum atomic E-state index is 3.54. The third-order valence-corrected chi connectivity index (χ3v) is 1.92. The van der Waals surface area contributed by atoms with Gasteiger partial charge in [0, 0.05) is 12.1 Å². The second kappa shape index (κ2) is 6.66. The Morgan fingerprint density at radius 3 is 1.91 bits per heavy atom. The molecule has 0 atom stereocenters. The van der Waals surface area contributed by atoms with E-state index < -0.39 is 0 Å². The van der Waals surface area contributed by atoms with Crippen LogP contribution in [0.1, 0.15) is 53.4 Å². The first-order chi connectivity index (χ1) is 5.29. The molecule has 1 aliphatic rings. The van der Waals surface area contributed by atoms with Crippen molar-refractivity contribution in [3.63, 3.8) is 0 Å². The Morgan fingerprint density at radius 2 is 1.55 bits per heavy atom. The number of hydrogen-bond acceptors (Lipinski definition) is 1. The zero-order valence-corrected chi connectivity index (χ0v) is 8.48. The molecule has 0 aromatic heterocycles. The predicted molar refractivity (Wildman–Crippen MR) is 51.9 cm³/mol. The SMILES string of the molecule is CC.CC(C)NC1CCCC1. The van der Waals surface area contributed by atoms with Crippen molar-refractivity contribution in [1.82, 2.24) is 5.32 Å². The van der Waals surface area contributed by atoms with E-state index in [4.69, 9.17) is 0 Å². The molecule has 1 heteroatoms. The number of hydrogen-bond donors (Lipinski definition) is 1. The highest BCUT2D eigenvalue weighted by Crippen LogP contribution is 2.17. The summed E-state index contributed by atoms with van der Waals surface area (Å²) in [6, 6.07) is 1.51. The maximum absolute atomic E-state index is 3.54. The van der Waals surface area contributed by atoms with E-state index in [2.05, 4.69) is 19.2 Å². The molecule has 1 aliphatic carbocycles. The zero-order chi connectivity index (χ0) is 8.69. The van der Waals surface area contributed by atoms with Gasteiger partial charge in [0.1, 0.15) is 0 Å². The summed E-state index contributed by atoms with van der Waals surface area (Å²) >= 11 is 0. The molecule has 0 bridgehead atoms. The molecular weight excluding hydrogens is 134 g/mol. The molecule has 0 aromatic carbocycles. The Morgan fingerprint density at radius 1 is 1.09 bits per heavy atom. The summed E-state index contributed by atoms with van der Waals surface area (Å²) < 4.78 is 0. The Hall–Kier alpha value is -0.0400. The predicted octanol–water partition coefficient (Wildman–Crippen LogP) is 2.95. The summed E-state index contributed by atoms with van der Waals surface area (Å²) in [4.78, 5) is 0. The quantitative estimate of drug-likeness (QED) is 0.650. The molecule has 0 unspecified atom stereocenters. The van der Waals surface area contributed by atoms with Crippen LogP contribution in [0.5, 0.6) is 0 Å². The summed E-state index contributed by atoms with van der Waals surface area (Å²) in [5.74, 6) is 0. The average molecular weight is 157 g/mol. The van der Waals surface area contributed by atoms with Gasteiger partial charge in [-0.1, -0.05) is 40.5 Å². The molecule has 1 fully saturated rings. The van der Waals surface area contributed by atoms with Crippen LogP contribution in [0, 0.1) is 0 Å². The van der Waals surface area contributed by atoms with E-state index in [1.165, 1.54) is 25.7 Å². The van der Waals surface area contributed by atoms with Gasteiger partial charge in [-0.05, 0) is 12.8 Å². The largest absolute Gasteiger partial charge is 0.312 e. The molecule has 0 aliphatic heterocycles. The van der Waals surface area contributed by atoms with Crippen molar-refractivity contribution in [3.05, 3.63) is 0 Å². The van der Waals surface area contributed by atoms with Crippen LogP contribution in [-0.4, -0.2) is 12.1 Å². The first-order valence-corrected chi connectivity index (χ1v) is 5.05. The lowest BCUT2D eigenvalue weighted by Crippen LogP contribution is -2.32. The molecule has 1 rings (SSSR count). The minimum absolute atomic E-state index is 0.674. The van der Waals surface area contributed by atoms with Crippen LogP contribution in [0.4, 0.5) is 0 Å². The fourth-order valence-corrected chi connectivity index (χ4v) is 1.56. The summed E-state index contributed by atoms with van der Waals surface area (Å²) in [5.41, 5.74) is 0. The molecule has 1 N–H and O–H groups in total. The Bertz CT molecular complexity index is 72.9. The molecule has 0 saturated heterocycles. The van der Waals surface area contributed by atoms with E-state index in [-0.39, 0.29) is 0 Å². The molecule has 0 amide bonds. The molecule has 68 valence electrons. The van der Waals surface area contributed by atoms with E-state index in [1.807, 2.05) is 13.8 Å². The van der Waals surface area contributed by atoms with Gasteiger partial charge in [-0.3, -0.25) is 0 Å². The molecule has 0 spiro atoms. The highest BCUT2D eigenvalue weighted by atomic mass is 14.9. The van der Waals surface area contributed by atoms with Gasteiger partial charge in [-0.25, -0.2) is 0 Å². The smallest absolute Gasteiger partial charge is 0.00694 e. The summed E-state index contributed by atoms with van der Waals surface area (Å²) in [5, 5.41) is 3.54. The van der Waals surface area contributed by atoms with E-state index >= 15 is 0 Å². The van der Waals surface area contributed by atoms with Crippen molar-refractivity contribution in [3.8, 4) is 0 Å². The normalized spacial score (nSPS) is 18.3. The molecule has 0 heterocycles. The van der Waals surface area contributed by atoms with Gasteiger partial charge < -0.3 is 5.32 Å². The van der Waals surface area contributed by atoms with Crippen molar-refractivity contribution >= 4 is 0 Å². The lowest BCUT2D eigenvalue weighted by molar-refractivity contribution is 0.471. The zero-order valence-electron chi connectivity index (χ0n) is 8.48. The van der Waals surface area contributed by atoms with Crippen LogP contribution in [0.2, 0.25) is 0 Å². The first kappa shape index (κ1) is 11.0.